The number of likely N-dealkylation sites (tertiary alicyclic amines) is 1. The molecule has 1 saturated heterocycles. The van der Waals surface area contributed by atoms with Crippen LogP contribution in [0.15, 0.2) is 70.5 Å². The molecule has 0 unspecified atom stereocenters. The van der Waals surface area contributed by atoms with Gasteiger partial charge in [-0.1, -0.05) is 23.4 Å². The molecule has 0 radical (unpaired) electrons. The summed E-state index contributed by atoms with van der Waals surface area (Å²) in [6.07, 6.45) is 2.47. The first-order valence-corrected chi connectivity index (χ1v) is 12.7. The Morgan fingerprint density at radius 3 is 2.31 bits per heavy atom. The van der Waals surface area contributed by atoms with Gasteiger partial charge in [0.1, 0.15) is 6.61 Å². The van der Waals surface area contributed by atoms with E-state index in [0.29, 0.717) is 39.9 Å². The normalized spacial score (nSPS) is 15.5. The molecule has 0 saturated carbocycles. The Morgan fingerprint density at radius 2 is 1.57 bits per heavy atom. The first kappa shape index (κ1) is 23.7. The predicted molar refractivity (Wildman–Crippen MR) is 137 cm³/mol. The maximum Gasteiger partial charge on any atom is 0.266 e. The number of hydrogen-bond acceptors (Lipinski definition) is 6. The molecule has 3 aromatic carbocycles. The number of benzene rings is 3. The third-order valence-electron chi connectivity index (χ3n) is 6.18. The molecule has 8 heteroatoms. The summed E-state index contributed by atoms with van der Waals surface area (Å²) in [5.41, 5.74) is 1.23. The fraction of sp³-hybridized carbons (Fsp3) is 0.259. The SMILES string of the molecule is COc1cc(N2C(=O)c3ccc(Sc4ccc(Cl)cc4)cc3C2=O)ccc1OCCN1CCCC1. The molecule has 2 aliphatic heterocycles. The van der Waals surface area contributed by atoms with E-state index in [1.165, 1.54) is 29.5 Å². The second-order valence-corrected chi connectivity index (χ2v) is 10.0. The Morgan fingerprint density at radius 1 is 0.857 bits per heavy atom. The Balaban J connectivity index is 1.32. The fourth-order valence-electron chi connectivity index (χ4n) is 4.36. The van der Waals surface area contributed by atoms with Gasteiger partial charge in [0.05, 0.1) is 23.9 Å². The Kier molecular flexibility index (Phi) is 7.00. The van der Waals surface area contributed by atoms with Crippen molar-refractivity contribution in [1.82, 2.24) is 4.90 Å². The van der Waals surface area contributed by atoms with Crippen LogP contribution in [0.5, 0.6) is 11.5 Å². The molecule has 0 N–H and O–H groups in total. The van der Waals surface area contributed by atoms with Crippen molar-refractivity contribution in [2.45, 2.75) is 22.6 Å². The summed E-state index contributed by atoms with van der Waals surface area (Å²) in [5, 5.41) is 0.665. The van der Waals surface area contributed by atoms with Gasteiger partial charge in [0.2, 0.25) is 0 Å². The zero-order valence-corrected chi connectivity index (χ0v) is 20.9. The van der Waals surface area contributed by atoms with Gasteiger partial charge < -0.3 is 9.47 Å². The molecule has 0 atom stereocenters. The van der Waals surface area contributed by atoms with Crippen molar-refractivity contribution >= 4 is 40.9 Å². The summed E-state index contributed by atoms with van der Waals surface area (Å²) in [4.78, 5) is 31.8. The topological polar surface area (TPSA) is 59.1 Å². The highest BCUT2D eigenvalue weighted by atomic mass is 35.5. The Hall–Kier alpha value is -3.00. The van der Waals surface area contributed by atoms with Crippen LogP contribution in [-0.2, 0) is 0 Å². The lowest BCUT2D eigenvalue weighted by atomic mass is 10.1. The smallest absolute Gasteiger partial charge is 0.266 e. The van der Waals surface area contributed by atoms with Crippen LogP contribution in [0.3, 0.4) is 0 Å². The zero-order chi connectivity index (χ0) is 24.4. The molecule has 180 valence electrons. The van der Waals surface area contributed by atoms with Gasteiger partial charge in [-0.05, 0) is 80.5 Å². The first-order valence-electron chi connectivity index (χ1n) is 11.5. The summed E-state index contributed by atoms with van der Waals surface area (Å²) in [7, 11) is 1.55. The summed E-state index contributed by atoms with van der Waals surface area (Å²) in [6, 6.07) is 18.0. The molecule has 0 spiro atoms. The van der Waals surface area contributed by atoms with Crippen molar-refractivity contribution in [3.8, 4) is 11.5 Å². The number of rotatable bonds is 8. The van der Waals surface area contributed by atoms with Crippen molar-refractivity contribution in [3.63, 3.8) is 0 Å². The summed E-state index contributed by atoms with van der Waals surface area (Å²) < 4.78 is 11.4. The molecule has 2 amide bonds. The van der Waals surface area contributed by atoms with E-state index in [4.69, 9.17) is 21.1 Å². The minimum atomic E-state index is -0.353. The minimum Gasteiger partial charge on any atom is -0.493 e. The highest BCUT2D eigenvalue weighted by molar-refractivity contribution is 7.99. The highest BCUT2D eigenvalue weighted by Gasteiger charge is 2.37. The van der Waals surface area contributed by atoms with Crippen molar-refractivity contribution in [2.24, 2.45) is 0 Å². The van der Waals surface area contributed by atoms with Gasteiger partial charge in [0, 0.05) is 27.4 Å². The maximum absolute atomic E-state index is 13.3. The number of halogens is 1. The number of carbonyl (C=O) groups excluding carboxylic acids is 2. The Bertz CT molecular complexity index is 1260. The molecular weight excluding hydrogens is 484 g/mol. The number of imide groups is 1. The highest BCUT2D eigenvalue weighted by Crippen LogP contribution is 2.37. The third-order valence-corrected chi connectivity index (χ3v) is 7.43. The summed E-state index contributed by atoms with van der Waals surface area (Å²) in [5.74, 6) is 0.374. The average Bonchev–Trinajstić information content (AvgIpc) is 3.47. The second kappa shape index (κ2) is 10.3. The number of carbonyl (C=O) groups is 2. The van der Waals surface area contributed by atoms with E-state index in [0.717, 1.165) is 29.4 Å². The largest absolute Gasteiger partial charge is 0.493 e. The lowest BCUT2D eigenvalue weighted by molar-refractivity contribution is 0.0926. The van der Waals surface area contributed by atoms with Gasteiger partial charge in [0.25, 0.3) is 11.8 Å². The van der Waals surface area contributed by atoms with Gasteiger partial charge in [-0.2, -0.15) is 0 Å². The zero-order valence-electron chi connectivity index (χ0n) is 19.3. The average molecular weight is 509 g/mol. The Labute approximate surface area is 213 Å². The van der Waals surface area contributed by atoms with Crippen molar-refractivity contribution in [2.75, 3.05) is 38.3 Å². The quantitative estimate of drug-likeness (QED) is 0.360. The maximum atomic E-state index is 13.3. The first-order chi connectivity index (χ1) is 17.0. The van der Waals surface area contributed by atoms with Crippen molar-refractivity contribution in [1.29, 1.82) is 0 Å². The van der Waals surface area contributed by atoms with Gasteiger partial charge in [0.15, 0.2) is 11.5 Å². The second-order valence-electron chi connectivity index (χ2n) is 8.44. The van der Waals surface area contributed by atoms with Gasteiger partial charge >= 0.3 is 0 Å². The van der Waals surface area contributed by atoms with Crippen molar-refractivity contribution in [3.05, 3.63) is 76.8 Å². The fourth-order valence-corrected chi connectivity index (χ4v) is 5.35. The molecule has 0 bridgehead atoms. The molecule has 35 heavy (non-hydrogen) atoms. The van der Waals surface area contributed by atoms with E-state index in [-0.39, 0.29) is 11.8 Å². The molecule has 2 heterocycles. The number of amides is 2. The minimum absolute atomic E-state index is 0.349. The molecule has 0 aliphatic carbocycles. The van der Waals surface area contributed by atoms with Crippen LogP contribution in [0.4, 0.5) is 5.69 Å². The number of anilines is 1. The van der Waals surface area contributed by atoms with E-state index in [1.807, 2.05) is 30.3 Å². The van der Waals surface area contributed by atoms with Gasteiger partial charge in [-0.25, -0.2) is 4.90 Å². The summed E-state index contributed by atoms with van der Waals surface area (Å²) >= 11 is 7.47. The number of hydrogen-bond donors (Lipinski definition) is 0. The lowest BCUT2D eigenvalue weighted by Crippen LogP contribution is -2.29. The molecule has 3 aromatic rings. The summed E-state index contributed by atoms with van der Waals surface area (Å²) in [6.45, 7) is 3.63. The van der Waals surface area contributed by atoms with Crippen LogP contribution >= 0.6 is 23.4 Å². The van der Waals surface area contributed by atoms with Crippen LogP contribution < -0.4 is 14.4 Å². The molecule has 6 nitrogen and oxygen atoms in total. The lowest BCUT2D eigenvalue weighted by Gasteiger charge is -2.18. The van der Waals surface area contributed by atoms with Crippen LogP contribution in [0, 0.1) is 0 Å². The van der Waals surface area contributed by atoms with E-state index in [1.54, 1.807) is 37.4 Å². The standard InChI is InChI=1S/C27H25ClN2O4S/c1-33-25-16-19(6-11-24(25)34-15-14-29-12-2-3-13-29)30-26(31)22-10-9-21(17-23(22)27(30)32)35-20-7-4-18(28)5-8-20/h4-11,16-17H,2-3,12-15H2,1H3. The van der Waals surface area contributed by atoms with Crippen LogP contribution in [-0.4, -0.2) is 50.1 Å². The molecular formula is C27H25ClN2O4S. The van der Waals surface area contributed by atoms with Gasteiger partial charge in [-0.15, -0.1) is 0 Å². The molecule has 0 aromatic heterocycles. The van der Waals surface area contributed by atoms with Crippen LogP contribution in [0.1, 0.15) is 33.6 Å². The predicted octanol–water partition coefficient (Wildman–Crippen LogP) is 5.78. The number of methoxy groups -OCH3 is 1. The van der Waals surface area contributed by atoms with E-state index in [9.17, 15) is 9.59 Å². The van der Waals surface area contributed by atoms with E-state index >= 15 is 0 Å². The van der Waals surface area contributed by atoms with E-state index < -0.39 is 0 Å². The van der Waals surface area contributed by atoms with E-state index in [2.05, 4.69) is 4.90 Å². The monoisotopic (exact) mass is 508 g/mol. The molecule has 2 aliphatic rings. The number of ether oxygens (including phenoxy) is 2. The van der Waals surface area contributed by atoms with Gasteiger partial charge in [-0.3, -0.25) is 14.5 Å². The molecule has 1 fully saturated rings. The number of nitrogens with zero attached hydrogens (tertiary/aromatic N) is 2. The third kappa shape index (κ3) is 5.03. The number of fused-ring (bicyclic) bond motifs is 1. The van der Waals surface area contributed by atoms with Crippen molar-refractivity contribution < 1.29 is 19.1 Å². The van der Waals surface area contributed by atoms with Crippen LogP contribution in [0.2, 0.25) is 5.02 Å². The van der Waals surface area contributed by atoms with Crippen LogP contribution in [0.25, 0.3) is 0 Å². The molecule has 5 rings (SSSR count).